The van der Waals surface area contributed by atoms with E-state index in [1.807, 2.05) is 18.2 Å². The molecule has 1 nitrogen and oxygen atoms in total. The van der Waals surface area contributed by atoms with E-state index in [0.29, 0.717) is 0 Å². The van der Waals surface area contributed by atoms with Gasteiger partial charge in [-0.3, -0.25) is 0 Å². The van der Waals surface area contributed by atoms with Crippen LogP contribution in [0, 0.1) is 0 Å². The number of aryl methyl sites for hydroxylation is 1. The maximum absolute atomic E-state index is 8.51. The van der Waals surface area contributed by atoms with Crippen molar-refractivity contribution in [1.82, 2.24) is 0 Å². The van der Waals surface area contributed by atoms with Crippen LogP contribution in [-0.2, 0) is 6.42 Å². The maximum atomic E-state index is 8.51. The Hall–Kier alpha value is -1.08. The van der Waals surface area contributed by atoms with Crippen molar-refractivity contribution in [2.75, 3.05) is 6.61 Å². The van der Waals surface area contributed by atoms with Gasteiger partial charge in [-0.25, -0.2) is 0 Å². The van der Waals surface area contributed by atoms with Gasteiger partial charge < -0.3 is 5.11 Å². The minimum absolute atomic E-state index is 0.165. The molecule has 0 heterocycles. The molecule has 0 aromatic heterocycles. The number of hydrogen-bond donors (Lipinski definition) is 1. The third-order valence-electron chi connectivity index (χ3n) is 2.20. The van der Waals surface area contributed by atoms with Crippen LogP contribution in [0.5, 0.6) is 0 Å². The molecule has 1 heteroatoms. The maximum Gasteiger partial charge on any atom is 0.0612 e. The van der Waals surface area contributed by atoms with E-state index in [0.717, 1.165) is 12.8 Å². The summed E-state index contributed by atoms with van der Waals surface area (Å²) in [6.45, 7) is 0.165. The second kappa shape index (κ2) is 7.34. The van der Waals surface area contributed by atoms with E-state index < -0.39 is 0 Å². The van der Waals surface area contributed by atoms with Gasteiger partial charge in [0.15, 0.2) is 0 Å². The molecule has 0 radical (unpaired) electrons. The summed E-state index contributed by atoms with van der Waals surface area (Å²) in [5.41, 5.74) is 1.42. The van der Waals surface area contributed by atoms with Gasteiger partial charge in [0, 0.05) is 0 Å². The van der Waals surface area contributed by atoms with Crippen molar-refractivity contribution >= 4 is 0 Å². The largest absolute Gasteiger partial charge is 0.392 e. The predicted molar refractivity (Wildman–Crippen MR) is 60.2 cm³/mol. The first kappa shape index (κ1) is 11.0. The molecule has 0 bridgehead atoms. The summed E-state index contributed by atoms with van der Waals surface area (Å²) in [6, 6.07) is 10.6. The van der Waals surface area contributed by atoms with Gasteiger partial charge in [0.25, 0.3) is 0 Å². The van der Waals surface area contributed by atoms with Crippen LogP contribution < -0.4 is 0 Å². The fourth-order valence-corrected chi connectivity index (χ4v) is 1.43. The molecule has 0 fully saturated rings. The summed E-state index contributed by atoms with van der Waals surface area (Å²) >= 11 is 0. The molecular formula is C13H18O. The Balaban J connectivity index is 2.07. The molecule has 1 aromatic rings. The molecular weight excluding hydrogens is 172 g/mol. The van der Waals surface area contributed by atoms with Crippen LogP contribution in [0.1, 0.15) is 24.8 Å². The zero-order chi connectivity index (χ0) is 10.1. The summed E-state index contributed by atoms with van der Waals surface area (Å²) < 4.78 is 0. The number of benzene rings is 1. The first-order valence-corrected chi connectivity index (χ1v) is 5.23. The molecule has 0 aliphatic heterocycles. The average molecular weight is 190 g/mol. The highest BCUT2D eigenvalue weighted by molar-refractivity contribution is 5.14. The fourth-order valence-electron chi connectivity index (χ4n) is 1.43. The lowest BCUT2D eigenvalue weighted by molar-refractivity contribution is 0.342. The van der Waals surface area contributed by atoms with Gasteiger partial charge in [0.05, 0.1) is 6.61 Å². The van der Waals surface area contributed by atoms with Gasteiger partial charge in [0.1, 0.15) is 0 Å². The van der Waals surface area contributed by atoms with E-state index >= 15 is 0 Å². The van der Waals surface area contributed by atoms with Gasteiger partial charge in [-0.2, -0.15) is 0 Å². The van der Waals surface area contributed by atoms with Gasteiger partial charge >= 0.3 is 0 Å². The summed E-state index contributed by atoms with van der Waals surface area (Å²) in [5, 5.41) is 8.51. The van der Waals surface area contributed by atoms with Crippen LogP contribution in [0.2, 0.25) is 0 Å². The zero-order valence-electron chi connectivity index (χ0n) is 8.52. The molecule has 0 spiro atoms. The molecule has 0 aliphatic carbocycles. The summed E-state index contributed by atoms with van der Waals surface area (Å²) in [7, 11) is 0. The quantitative estimate of drug-likeness (QED) is 0.540. The number of hydrogen-bond acceptors (Lipinski definition) is 1. The molecule has 1 rings (SSSR count). The summed E-state index contributed by atoms with van der Waals surface area (Å²) in [5.74, 6) is 0. The van der Waals surface area contributed by atoms with Crippen molar-refractivity contribution in [2.45, 2.75) is 25.7 Å². The van der Waals surface area contributed by atoms with E-state index in [4.69, 9.17) is 5.11 Å². The van der Waals surface area contributed by atoms with E-state index in [2.05, 4.69) is 24.3 Å². The van der Waals surface area contributed by atoms with Crippen LogP contribution in [-0.4, -0.2) is 11.7 Å². The topological polar surface area (TPSA) is 20.2 Å². The first-order valence-electron chi connectivity index (χ1n) is 5.23. The first-order chi connectivity index (χ1) is 6.93. The van der Waals surface area contributed by atoms with Gasteiger partial charge in [0.2, 0.25) is 0 Å². The number of unbranched alkanes of at least 4 members (excludes halogenated alkanes) is 2. The zero-order valence-corrected chi connectivity index (χ0v) is 8.52. The average Bonchev–Trinajstić information content (AvgIpc) is 2.25. The lowest BCUT2D eigenvalue weighted by Crippen LogP contribution is -1.84. The Labute approximate surface area is 86.1 Å². The van der Waals surface area contributed by atoms with Crippen molar-refractivity contribution in [3.05, 3.63) is 48.0 Å². The lowest BCUT2D eigenvalue weighted by Gasteiger charge is -1.98. The summed E-state index contributed by atoms with van der Waals surface area (Å²) in [6.07, 6.45) is 8.51. The third kappa shape index (κ3) is 4.83. The second-order valence-corrected chi connectivity index (χ2v) is 3.39. The SMILES string of the molecule is OCC=CCCCCc1ccccc1. The molecule has 0 saturated heterocycles. The van der Waals surface area contributed by atoms with Crippen molar-refractivity contribution in [2.24, 2.45) is 0 Å². The summed E-state index contributed by atoms with van der Waals surface area (Å²) in [4.78, 5) is 0. The number of rotatable bonds is 6. The number of aliphatic hydroxyl groups is 1. The highest BCUT2D eigenvalue weighted by Crippen LogP contribution is 2.06. The molecule has 1 aromatic carbocycles. The van der Waals surface area contributed by atoms with Crippen LogP contribution in [0.3, 0.4) is 0 Å². The van der Waals surface area contributed by atoms with Crippen molar-refractivity contribution < 1.29 is 5.11 Å². The van der Waals surface area contributed by atoms with E-state index in [9.17, 15) is 0 Å². The molecule has 0 saturated carbocycles. The number of allylic oxidation sites excluding steroid dienone is 1. The van der Waals surface area contributed by atoms with Crippen molar-refractivity contribution in [3.63, 3.8) is 0 Å². The Kier molecular flexibility index (Phi) is 5.76. The Morgan fingerprint density at radius 2 is 1.79 bits per heavy atom. The minimum atomic E-state index is 0.165. The van der Waals surface area contributed by atoms with Crippen LogP contribution in [0.4, 0.5) is 0 Å². The molecule has 1 N–H and O–H groups in total. The van der Waals surface area contributed by atoms with E-state index in [1.165, 1.54) is 18.4 Å². The smallest absolute Gasteiger partial charge is 0.0612 e. The van der Waals surface area contributed by atoms with Gasteiger partial charge in [-0.05, 0) is 31.2 Å². The minimum Gasteiger partial charge on any atom is -0.392 e. The molecule has 76 valence electrons. The highest BCUT2D eigenvalue weighted by Gasteiger charge is 1.90. The monoisotopic (exact) mass is 190 g/mol. The molecule has 0 amide bonds. The normalized spacial score (nSPS) is 10.9. The highest BCUT2D eigenvalue weighted by atomic mass is 16.2. The van der Waals surface area contributed by atoms with Crippen LogP contribution >= 0.6 is 0 Å². The van der Waals surface area contributed by atoms with Crippen molar-refractivity contribution in [1.29, 1.82) is 0 Å². The fraction of sp³-hybridized carbons (Fsp3) is 0.385. The van der Waals surface area contributed by atoms with Gasteiger partial charge in [-0.15, -0.1) is 0 Å². The third-order valence-corrected chi connectivity index (χ3v) is 2.20. The van der Waals surface area contributed by atoms with Crippen LogP contribution in [0.15, 0.2) is 42.5 Å². The Bertz CT molecular complexity index is 251. The molecule has 0 atom stereocenters. The second-order valence-electron chi connectivity index (χ2n) is 3.39. The number of aliphatic hydroxyl groups excluding tert-OH is 1. The van der Waals surface area contributed by atoms with E-state index in [-0.39, 0.29) is 6.61 Å². The Morgan fingerprint density at radius 3 is 2.50 bits per heavy atom. The van der Waals surface area contributed by atoms with Gasteiger partial charge in [-0.1, -0.05) is 42.5 Å². The Morgan fingerprint density at radius 1 is 1.00 bits per heavy atom. The molecule has 14 heavy (non-hydrogen) atoms. The molecule has 0 aliphatic rings. The van der Waals surface area contributed by atoms with Crippen molar-refractivity contribution in [3.8, 4) is 0 Å². The molecule has 0 unspecified atom stereocenters. The van der Waals surface area contributed by atoms with Crippen LogP contribution in [0.25, 0.3) is 0 Å². The lowest BCUT2D eigenvalue weighted by atomic mass is 10.1. The predicted octanol–water partition coefficient (Wildman–Crippen LogP) is 2.95. The van der Waals surface area contributed by atoms with E-state index in [1.54, 1.807) is 0 Å². The standard InChI is InChI=1S/C13H18O/c14-12-8-3-1-2-5-9-13-10-6-4-7-11-13/h3-4,6-8,10-11,14H,1-2,5,9,12H2.